The first-order valence-electron chi connectivity index (χ1n) is 7.79. The number of carbonyl (C=O) groups is 1. The number of amides is 1. The maximum absolute atomic E-state index is 12.4. The number of nitrogens with zero attached hydrogens (tertiary/aromatic N) is 1. The van der Waals surface area contributed by atoms with Crippen molar-refractivity contribution in [2.24, 2.45) is 5.92 Å². The summed E-state index contributed by atoms with van der Waals surface area (Å²) in [6, 6.07) is 4.62. The molecule has 1 unspecified atom stereocenters. The molecule has 0 saturated carbocycles. The number of anilines is 1. The topological polar surface area (TPSA) is 75.7 Å². The van der Waals surface area contributed by atoms with E-state index in [2.05, 4.69) is 4.72 Å². The minimum absolute atomic E-state index is 0.127. The standard InChI is InChI=1S/C16H24N2O4S/c1-11(2)7-8-17-23(20,21)14-5-6-16-15(9-14)18(13(4)19)10-12(3)22-16/h5-6,9,11-12,17H,7-8,10H2,1-4H3. The Hall–Kier alpha value is -1.60. The maximum atomic E-state index is 12.4. The van der Waals surface area contributed by atoms with E-state index in [0.717, 1.165) is 6.42 Å². The molecular weight excluding hydrogens is 316 g/mol. The second-order valence-corrected chi connectivity index (χ2v) is 8.03. The van der Waals surface area contributed by atoms with Gasteiger partial charge in [0.25, 0.3) is 0 Å². The van der Waals surface area contributed by atoms with Crippen LogP contribution in [-0.4, -0.2) is 33.5 Å². The fraction of sp³-hybridized carbons (Fsp3) is 0.562. The number of benzene rings is 1. The van der Waals surface area contributed by atoms with Crippen LogP contribution in [0.25, 0.3) is 0 Å². The van der Waals surface area contributed by atoms with E-state index < -0.39 is 10.0 Å². The monoisotopic (exact) mass is 340 g/mol. The van der Waals surface area contributed by atoms with Gasteiger partial charge in [0, 0.05) is 13.5 Å². The summed E-state index contributed by atoms with van der Waals surface area (Å²) < 4.78 is 33.0. The van der Waals surface area contributed by atoms with Gasteiger partial charge in [-0.25, -0.2) is 13.1 Å². The molecule has 6 nitrogen and oxygen atoms in total. The Bertz CT molecular complexity index is 685. The lowest BCUT2D eigenvalue weighted by Crippen LogP contribution is -2.41. The third-order valence-electron chi connectivity index (χ3n) is 3.69. The molecule has 0 saturated heterocycles. The molecule has 128 valence electrons. The van der Waals surface area contributed by atoms with E-state index in [1.54, 1.807) is 11.0 Å². The zero-order chi connectivity index (χ0) is 17.2. The summed E-state index contributed by atoms with van der Waals surface area (Å²) in [6.45, 7) is 8.21. The van der Waals surface area contributed by atoms with Crippen LogP contribution in [-0.2, 0) is 14.8 Å². The van der Waals surface area contributed by atoms with E-state index in [1.807, 2.05) is 20.8 Å². The van der Waals surface area contributed by atoms with Gasteiger partial charge in [0.05, 0.1) is 17.1 Å². The van der Waals surface area contributed by atoms with Crippen LogP contribution < -0.4 is 14.4 Å². The molecule has 1 aliphatic heterocycles. The van der Waals surface area contributed by atoms with E-state index in [-0.39, 0.29) is 16.9 Å². The average molecular weight is 340 g/mol. The van der Waals surface area contributed by atoms with E-state index in [0.29, 0.717) is 30.4 Å². The van der Waals surface area contributed by atoms with Crippen LogP contribution in [0, 0.1) is 5.92 Å². The molecule has 2 rings (SSSR count). The second kappa shape index (κ2) is 6.88. The summed E-state index contributed by atoms with van der Waals surface area (Å²) in [5, 5.41) is 0. The Labute approximate surface area is 137 Å². The van der Waals surface area contributed by atoms with Crippen molar-refractivity contribution >= 4 is 21.6 Å². The molecule has 23 heavy (non-hydrogen) atoms. The predicted octanol–water partition coefficient (Wildman–Crippen LogP) is 2.14. The first-order chi connectivity index (χ1) is 10.7. The lowest BCUT2D eigenvalue weighted by molar-refractivity contribution is -0.117. The Morgan fingerprint density at radius 1 is 1.43 bits per heavy atom. The highest BCUT2D eigenvalue weighted by Crippen LogP contribution is 2.35. The lowest BCUT2D eigenvalue weighted by atomic mass is 10.1. The molecule has 0 radical (unpaired) electrons. The maximum Gasteiger partial charge on any atom is 0.240 e. The third-order valence-corrected chi connectivity index (χ3v) is 5.15. The molecular formula is C16H24N2O4S. The van der Waals surface area contributed by atoms with Crippen LogP contribution in [0.15, 0.2) is 23.1 Å². The van der Waals surface area contributed by atoms with Crippen LogP contribution in [0.3, 0.4) is 0 Å². The number of nitrogens with one attached hydrogen (secondary N) is 1. The van der Waals surface area contributed by atoms with Crippen molar-refractivity contribution < 1.29 is 17.9 Å². The average Bonchev–Trinajstić information content (AvgIpc) is 2.44. The molecule has 0 spiro atoms. The van der Waals surface area contributed by atoms with Crippen molar-refractivity contribution in [1.82, 2.24) is 4.72 Å². The van der Waals surface area contributed by atoms with E-state index >= 15 is 0 Å². The molecule has 1 heterocycles. The van der Waals surface area contributed by atoms with E-state index in [9.17, 15) is 13.2 Å². The molecule has 1 aromatic rings. The summed E-state index contributed by atoms with van der Waals surface area (Å²) in [5.74, 6) is 0.813. The number of rotatable bonds is 5. The Morgan fingerprint density at radius 2 is 2.13 bits per heavy atom. The third kappa shape index (κ3) is 4.23. The summed E-state index contributed by atoms with van der Waals surface area (Å²) in [4.78, 5) is 13.5. The van der Waals surface area contributed by atoms with Crippen LogP contribution >= 0.6 is 0 Å². The van der Waals surface area contributed by atoms with Crippen molar-refractivity contribution in [2.75, 3.05) is 18.0 Å². The van der Waals surface area contributed by atoms with E-state index in [4.69, 9.17) is 4.74 Å². The zero-order valence-corrected chi connectivity index (χ0v) is 14.8. The zero-order valence-electron chi connectivity index (χ0n) is 14.0. The van der Waals surface area contributed by atoms with Gasteiger partial charge in [-0.1, -0.05) is 13.8 Å². The number of hydrogen-bond donors (Lipinski definition) is 1. The summed E-state index contributed by atoms with van der Waals surface area (Å²) in [6.07, 6.45) is 0.641. The highest BCUT2D eigenvalue weighted by Gasteiger charge is 2.27. The second-order valence-electron chi connectivity index (χ2n) is 6.27. The molecule has 1 aromatic carbocycles. The molecule has 0 aliphatic carbocycles. The van der Waals surface area contributed by atoms with Crippen LogP contribution in [0.1, 0.15) is 34.1 Å². The molecule has 1 amide bonds. The highest BCUT2D eigenvalue weighted by atomic mass is 32.2. The summed E-state index contributed by atoms with van der Waals surface area (Å²) in [7, 11) is -3.60. The first kappa shape index (κ1) is 17.7. The van der Waals surface area contributed by atoms with Gasteiger partial charge >= 0.3 is 0 Å². The Morgan fingerprint density at radius 3 is 2.74 bits per heavy atom. The normalized spacial score (nSPS) is 17.8. The SMILES string of the molecule is CC(=O)N1CC(C)Oc2ccc(S(=O)(=O)NCCC(C)C)cc21. The minimum Gasteiger partial charge on any atom is -0.487 e. The van der Waals surface area contributed by atoms with Crippen molar-refractivity contribution in [3.05, 3.63) is 18.2 Å². The molecule has 1 atom stereocenters. The summed E-state index contributed by atoms with van der Waals surface area (Å²) in [5.41, 5.74) is 0.502. The van der Waals surface area contributed by atoms with Crippen molar-refractivity contribution in [1.29, 1.82) is 0 Å². The predicted molar refractivity (Wildman–Crippen MR) is 89.2 cm³/mol. The first-order valence-corrected chi connectivity index (χ1v) is 9.27. The molecule has 1 N–H and O–H groups in total. The minimum atomic E-state index is -3.60. The number of sulfonamides is 1. The van der Waals surface area contributed by atoms with Gasteiger partial charge in [-0.2, -0.15) is 0 Å². The molecule has 7 heteroatoms. The van der Waals surface area contributed by atoms with Crippen LogP contribution in [0.5, 0.6) is 5.75 Å². The smallest absolute Gasteiger partial charge is 0.240 e. The summed E-state index contributed by atoms with van der Waals surface area (Å²) >= 11 is 0. The van der Waals surface area contributed by atoms with Crippen molar-refractivity contribution in [3.63, 3.8) is 0 Å². The fourth-order valence-corrected chi connectivity index (χ4v) is 3.52. The van der Waals surface area contributed by atoms with Gasteiger partial charge in [-0.3, -0.25) is 4.79 Å². The van der Waals surface area contributed by atoms with Gasteiger partial charge in [-0.05, 0) is 37.5 Å². The van der Waals surface area contributed by atoms with Gasteiger partial charge in [0.2, 0.25) is 15.9 Å². The number of hydrogen-bond acceptors (Lipinski definition) is 4. The van der Waals surface area contributed by atoms with Crippen molar-refractivity contribution in [2.45, 2.75) is 45.1 Å². The van der Waals surface area contributed by atoms with Gasteiger partial charge in [0.1, 0.15) is 11.9 Å². The molecule has 0 fully saturated rings. The number of ether oxygens (including phenoxy) is 1. The van der Waals surface area contributed by atoms with E-state index in [1.165, 1.54) is 19.1 Å². The van der Waals surface area contributed by atoms with Gasteiger partial charge in [0.15, 0.2) is 0 Å². The Kier molecular flexibility index (Phi) is 5.31. The highest BCUT2D eigenvalue weighted by molar-refractivity contribution is 7.89. The van der Waals surface area contributed by atoms with Crippen molar-refractivity contribution in [3.8, 4) is 5.75 Å². The molecule has 0 bridgehead atoms. The fourth-order valence-electron chi connectivity index (χ4n) is 2.45. The Balaban J connectivity index is 2.29. The van der Waals surface area contributed by atoms with Crippen LogP contribution in [0.2, 0.25) is 0 Å². The van der Waals surface area contributed by atoms with Gasteiger partial charge in [-0.15, -0.1) is 0 Å². The number of carbonyl (C=O) groups excluding carboxylic acids is 1. The molecule has 0 aromatic heterocycles. The quantitative estimate of drug-likeness (QED) is 0.891. The lowest BCUT2D eigenvalue weighted by Gasteiger charge is -2.33. The largest absolute Gasteiger partial charge is 0.487 e. The van der Waals surface area contributed by atoms with Crippen LogP contribution in [0.4, 0.5) is 5.69 Å². The van der Waals surface area contributed by atoms with Gasteiger partial charge < -0.3 is 9.64 Å². The molecule has 1 aliphatic rings. The number of fused-ring (bicyclic) bond motifs is 1.